The van der Waals surface area contributed by atoms with Crippen LogP contribution in [-0.4, -0.2) is 43.2 Å². The number of carbonyl (C=O) groups excluding carboxylic acids is 1. The van der Waals surface area contributed by atoms with Gasteiger partial charge < -0.3 is 15.4 Å². The topological polar surface area (TPSA) is 55.6 Å². The van der Waals surface area contributed by atoms with Gasteiger partial charge in [0.25, 0.3) is 0 Å². The molecule has 0 saturated carbocycles. The van der Waals surface area contributed by atoms with Gasteiger partial charge in [0.05, 0.1) is 6.10 Å². The first-order valence-corrected chi connectivity index (χ1v) is 5.39. The van der Waals surface area contributed by atoms with Gasteiger partial charge in [-0.15, -0.1) is 0 Å². The summed E-state index contributed by atoms with van der Waals surface area (Å²) in [6.07, 6.45) is 5.34. The fourth-order valence-electron chi connectivity index (χ4n) is 1.98. The van der Waals surface area contributed by atoms with E-state index in [-0.39, 0.29) is 18.1 Å². The highest BCUT2D eigenvalue weighted by Crippen LogP contribution is 2.19. The van der Waals surface area contributed by atoms with Gasteiger partial charge in [-0.25, -0.2) is 0 Å². The quantitative estimate of drug-likeness (QED) is 0.694. The van der Waals surface area contributed by atoms with E-state index in [9.17, 15) is 4.79 Å². The molecule has 0 spiro atoms. The molecule has 4 nitrogen and oxygen atoms in total. The molecule has 2 unspecified atom stereocenters. The Kier molecular flexibility index (Phi) is 4.78. The highest BCUT2D eigenvalue weighted by atomic mass is 16.5. The summed E-state index contributed by atoms with van der Waals surface area (Å²) in [6, 6.07) is 0.118. The standard InChI is InChI=1S/C11H20N2O2/c1-3-4-11(14)13-6-5-10(15-2)7-9(13)8-12/h3-4,9-10H,5-8,12H2,1-2H3/b4-3+. The van der Waals surface area contributed by atoms with Crippen molar-refractivity contribution in [1.82, 2.24) is 4.90 Å². The van der Waals surface area contributed by atoms with Crippen LogP contribution in [0.2, 0.25) is 0 Å². The minimum atomic E-state index is 0.0579. The number of amides is 1. The summed E-state index contributed by atoms with van der Waals surface area (Å²) in [5, 5.41) is 0. The monoisotopic (exact) mass is 212 g/mol. The SMILES string of the molecule is C/C=C/C(=O)N1CCC(OC)CC1CN. The van der Waals surface area contributed by atoms with E-state index in [4.69, 9.17) is 10.5 Å². The second-order valence-corrected chi connectivity index (χ2v) is 3.80. The molecule has 2 atom stereocenters. The third-order valence-electron chi connectivity index (χ3n) is 2.87. The van der Waals surface area contributed by atoms with Crippen molar-refractivity contribution in [3.05, 3.63) is 12.2 Å². The Morgan fingerprint density at radius 1 is 1.67 bits per heavy atom. The van der Waals surface area contributed by atoms with E-state index in [1.54, 1.807) is 19.3 Å². The van der Waals surface area contributed by atoms with E-state index in [1.807, 2.05) is 11.8 Å². The summed E-state index contributed by atoms with van der Waals surface area (Å²) < 4.78 is 5.30. The number of piperidine rings is 1. The van der Waals surface area contributed by atoms with Gasteiger partial charge >= 0.3 is 0 Å². The highest BCUT2D eigenvalue weighted by Gasteiger charge is 2.29. The molecule has 0 aliphatic carbocycles. The van der Waals surface area contributed by atoms with E-state index >= 15 is 0 Å². The summed E-state index contributed by atoms with van der Waals surface area (Å²) in [5.41, 5.74) is 5.67. The Bertz CT molecular complexity index is 241. The predicted molar refractivity (Wildman–Crippen MR) is 59.4 cm³/mol. The van der Waals surface area contributed by atoms with Crippen LogP contribution >= 0.6 is 0 Å². The zero-order valence-corrected chi connectivity index (χ0v) is 9.48. The number of carbonyl (C=O) groups is 1. The van der Waals surface area contributed by atoms with Crippen LogP contribution in [0.1, 0.15) is 19.8 Å². The van der Waals surface area contributed by atoms with Crippen molar-refractivity contribution in [1.29, 1.82) is 0 Å². The second kappa shape index (κ2) is 5.88. The molecule has 2 N–H and O–H groups in total. The van der Waals surface area contributed by atoms with Crippen LogP contribution in [0, 0.1) is 0 Å². The molecule has 1 saturated heterocycles. The van der Waals surface area contributed by atoms with Gasteiger partial charge in [-0.05, 0) is 25.8 Å². The molecule has 0 aromatic heterocycles. The number of hydrogen-bond donors (Lipinski definition) is 1. The molecule has 1 amide bonds. The van der Waals surface area contributed by atoms with Crippen molar-refractivity contribution in [2.24, 2.45) is 5.73 Å². The molecule has 0 bridgehead atoms. The highest BCUT2D eigenvalue weighted by molar-refractivity contribution is 5.87. The van der Waals surface area contributed by atoms with Crippen LogP contribution in [0.4, 0.5) is 0 Å². The van der Waals surface area contributed by atoms with E-state index in [0.717, 1.165) is 19.4 Å². The number of hydrogen-bond acceptors (Lipinski definition) is 3. The summed E-state index contributed by atoms with van der Waals surface area (Å²) in [5.74, 6) is 0.0579. The smallest absolute Gasteiger partial charge is 0.246 e. The number of nitrogens with two attached hydrogens (primary N) is 1. The molecular formula is C11H20N2O2. The van der Waals surface area contributed by atoms with Crippen molar-refractivity contribution in [3.8, 4) is 0 Å². The lowest BCUT2D eigenvalue weighted by Gasteiger charge is -2.37. The number of ether oxygens (including phenoxy) is 1. The lowest BCUT2D eigenvalue weighted by molar-refractivity contribution is -0.131. The molecule has 0 aromatic carbocycles. The van der Waals surface area contributed by atoms with Crippen LogP contribution in [0.5, 0.6) is 0 Å². The maximum absolute atomic E-state index is 11.7. The average Bonchev–Trinajstić information content (AvgIpc) is 2.28. The second-order valence-electron chi connectivity index (χ2n) is 3.80. The summed E-state index contributed by atoms with van der Waals surface area (Å²) in [7, 11) is 1.71. The number of allylic oxidation sites excluding steroid dienone is 1. The number of methoxy groups -OCH3 is 1. The Morgan fingerprint density at radius 2 is 2.40 bits per heavy atom. The zero-order chi connectivity index (χ0) is 11.3. The van der Waals surface area contributed by atoms with E-state index in [2.05, 4.69) is 0 Å². The minimum Gasteiger partial charge on any atom is -0.381 e. The zero-order valence-electron chi connectivity index (χ0n) is 9.48. The van der Waals surface area contributed by atoms with Crippen LogP contribution < -0.4 is 5.73 Å². The molecule has 0 aromatic rings. The largest absolute Gasteiger partial charge is 0.381 e. The van der Waals surface area contributed by atoms with Crippen LogP contribution in [0.15, 0.2) is 12.2 Å². The number of likely N-dealkylation sites (tertiary alicyclic amines) is 1. The molecule has 4 heteroatoms. The van der Waals surface area contributed by atoms with E-state index < -0.39 is 0 Å². The van der Waals surface area contributed by atoms with Crippen LogP contribution in [0.3, 0.4) is 0 Å². The summed E-state index contributed by atoms with van der Waals surface area (Å²) in [4.78, 5) is 13.5. The lowest BCUT2D eigenvalue weighted by Crippen LogP contribution is -2.50. The molecule has 1 rings (SSSR count). The Hall–Kier alpha value is -0.870. The fraction of sp³-hybridized carbons (Fsp3) is 0.727. The van der Waals surface area contributed by atoms with Crippen LogP contribution in [-0.2, 0) is 9.53 Å². The van der Waals surface area contributed by atoms with Crippen molar-refractivity contribution < 1.29 is 9.53 Å². The van der Waals surface area contributed by atoms with Crippen molar-refractivity contribution >= 4 is 5.91 Å². The molecule has 86 valence electrons. The molecule has 15 heavy (non-hydrogen) atoms. The predicted octanol–water partition coefficient (Wildman–Crippen LogP) is 0.527. The normalized spacial score (nSPS) is 27.3. The lowest BCUT2D eigenvalue weighted by atomic mass is 9.99. The van der Waals surface area contributed by atoms with Crippen molar-refractivity contribution in [2.45, 2.75) is 31.9 Å². The average molecular weight is 212 g/mol. The molecular weight excluding hydrogens is 192 g/mol. The van der Waals surface area contributed by atoms with Gasteiger partial charge in [0.2, 0.25) is 5.91 Å². The Morgan fingerprint density at radius 3 is 2.93 bits per heavy atom. The third-order valence-corrected chi connectivity index (χ3v) is 2.87. The van der Waals surface area contributed by atoms with Gasteiger partial charge in [-0.1, -0.05) is 6.08 Å². The molecule has 1 fully saturated rings. The summed E-state index contributed by atoms with van der Waals surface area (Å²) in [6.45, 7) is 3.09. The Balaban J connectivity index is 2.61. The third kappa shape index (κ3) is 3.04. The van der Waals surface area contributed by atoms with Crippen LogP contribution in [0.25, 0.3) is 0 Å². The molecule has 0 radical (unpaired) electrons. The molecule has 1 aliphatic rings. The van der Waals surface area contributed by atoms with E-state index in [0.29, 0.717) is 6.54 Å². The maximum Gasteiger partial charge on any atom is 0.246 e. The summed E-state index contributed by atoms with van der Waals surface area (Å²) >= 11 is 0. The first-order valence-electron chi connectivity index (χ1n) is 5.39. The fourth-order valence-corrected chi connectivity index (χ4v) is 1.98. The number of nitrogens with zero attached hydrogens (tertiary/aromatic N) is 1. The Labute approximate surface area is 91.1 Å². The first kappa shape index (κ1) is 12.2. The van der Waals surface area contributed by atoms with Gasteiger partial charge in [0, 0.05) is 26.2 Å². The first-order chi connectivity index (χ1) is 7.22. The van der Waals surface area contributed by atoms with Gasteiger partial charge in [-0.2, -0.15) is 0 Å². The molecule has 1 heterocycles. The van der Waals surface area contributed by atoms with Crippen molar-refractivity contribution in [2.75, 3.05) is 20.2 Å². The minimum absolute atomic E-state index is 0.0579. The maximum atomic E-state index is 11.7. The molecule has 1 aliphatic heterocycles. The van der Waals surface area contributed by atoms with Gasteiger partial charge in [0.15, 0.2) is 0 Å². The van der Waals surface area contributed by atoms with Gasteiger partial charge in [-0.3, -0.25) is 4.79 Å². The van der Waals surface area contributed by atoms with Gasteiger partial charge in [0.1, 0.15) is 0 Å². The number of rotatable bonds is 3. The van der Waals surface area contributed by atoms with E-state index in [1.165, 1.54) is 0 Å². The van der Waals surface area contributed by atoms with Crippen molar-refractivity contribution in [3.63, 3.8) is 0 Å².